The van der Waals surface area contributed by atoms with Crippen molar-refractivity contribution in [1.82, 2.24) is 4.98 Å². The van der Waals surface area contributed by atoms with Gasteiger partial charge in [-0.3, -0.25) is 9.87 Å². The molecular formula is C28H33NO7. The Labute approximate surface area is 212 Å². The van der Waals surface area contributed by atoms with E-state index in [1.54, 1.807) is 73.7 Å². The van der Waals surface area contributed by atoms with Gasteiger partial charge in [-0.25, -0.2) is 4.79 Å². The van der Waals surface area contributed by atoms with E-state index < -0.39 is 11.6 Å². The van der Waals surface area contributed by atoms with Crippen molar-refractivity contribution < 1.29 is 33.5 Å². The number of hydrogen-bond acceptors (Lipinski definition) is 8. The molecule has 0 saturated carbocycles. The number of methoxy groups -OCH3 is 4. The van der Waals surface area contributed by atoms with Crippen molar-refractivity contribution in [3.05, 3.63) is 65.0 Å². The van der Waals surface area contributed by atoms with Crippen molar-refractivity contribution in [3.8, 4) is 34.1 Å². The molecule has 0 atom stereocenters. The molecule has 0 fully saturated rings. The predicted molar refractivity (Wildman–Crippen MR) is 136 cm³/mol. The first-order valence-corrected chi connectivity index (χ1v) is 11.4. The zero-order valence-corrected chi connectivity index (χ0v) is 22.1. The van der Waals surface area contributed by atoms with Gasteiger partial charge in [0.25, 0.3) is 0 Å². The molecule has 0 unspecified atom stereocenters. The van der Waals surface area contributed by atoms with Crippen molar-refractivity contribution >= 4 is 5.97 Å². The van der Waals surface area contributed by atoms with Crippen LogP contribution in [-0.4, -0.2) is 45.0 Å². The quantitative estimate of drug-likeness (QED) is 0.281. The van der Waals surface area contributed by atoms with E-state index in [-0.39, 0.29) is 0 Å². The van der Waals surface area contributed by atoms with Gasteiger partial charge < -0.3 is 18.9 Å². The molecule has 8 nitrogen and oxygen atoms in total. The van der Waals surface area contributed by atoms with Gasteiger partial charge in [0.15, 0.2) is 11.5 Å². The van der Waals surface area contributed by atoms with E-state index >= 15 is 0 Å². The number of hydrogen-bond donors (Lipinski definition) is 0. The third kappa shape index (κ3) is 5.54. The standard InChI is InChI=1S/C28H33NO7/c1-17-22(24(32-6)26(34-8)25(33-7)23(17)31-5)15-18-16-29-14-13-19(18)20-11-9-10-12-21(20)27(30)35-36-28(2,3)4/h9-14,16H,15H2,1-8H3. The van der Waals surface area contributed by atoms with E-state index in [0.29, 0.717) is 40.5 Å². The summed E-state index contributed by atoms with van der Waals surface area (Å²) in [5, 5.41) is 0. The molecule has 3 rings (SSSR count). The van der Waals surface area contributed by atoms with Gasteiger partial charge >= 0.3 is 5.97 Å². The summed E-state index contributed by atoms with van der Waals surface area (Å²) in [6.45, 7) is 7.35. The largest absolute Gasteiger partial charge is 0.492 e. The van der Waals surface area contributed by atoms with Crippen LogP contribution in [0.4, 0.5) is 0 Å². The summed E-state index contributed by atoms with van der Waals surface area (Å²) in [7, 11) is 6.27. The molecule has 192 valence electrons. The lowest BCUT2D eigenvalue weighted by Crippen LogP contribution is -2.22. The van der Waals surface area contributed by atoms with Gasteiger partial charge in [-0.2, -0.15) is 4.89 Å². The number of carbonyl (C=O) groups is 1. The van der Waals surface area contributed by atoms with E-state index in [9.17, 15) is 4.79 Å². The molecule has 0 radical (unpaired) electrons. The number of nitrogens with zero attached hydrogens (tertiary/aromatic N) is 1. The zero-order valence-electron chi connectivity index (χ0n) is 22.1. The first kappa shape index (κ1) is 26.8. The van der Waals surface area contributed by atoms with Gasteiger partial charge in [0.05, 0.1) is 34.0 Å². The molecule has 0 saturated heterocycles. The molecule has 0 spiro atoms. The van der Waals surface area contributed by atoms with Crippen LogP contribution < -0.4 is 18.9 Å². The van der Waals surface area contributed by atoms with Gasteiger partial charge in [-0.05, 0) is 56.5 Å². The highest BCUT2D eigenvalue weighted by molar-refractivity contribution is 5.97. The summed E-state index contributed by atoms with van der Waals surface area (Å²) in [5.74, 6) is 1.40. The highest BCUT2D eigenvalue weighted by Crippen LogP contribution is 2.50. The number of benzene rings is 2. The van der Waals surface area contributed by atoms with Crippen LogP contribution in [0.1, 0.15) is 47.8 Å². The van der Waals surface area contributed by atoms with Crippen LogP contribution >= 0.6 is 0 Å². The molecule has 1 heterocycles. The molecule has 0 bridgehead atoms. The van der Waals surface area contributed by atoms with Crippen LogP contribution in [0, 0.1) is 6.92 Å². The zero-order chi connectivity index (χ0) is 26.5. The van der Waals surface area contributed by atoms with Crippen molar-refractivity contribution in [2.75, 3.05) is 28.4 Å². The molecule has 0 aliphatic heterocycles. The molecule has 0 aliphatic rings. The monoisotopic (exact) mass is 495 g/mol. The fourth-order valence-corrected chi connectivity index (χ4v) is 3.99. The maximum absolute atomic E-state index is 12.9. The Kier molecular flexibility index (Phi) is 8.42. The van der Waals surface area contributed by atoms with Crippen LogP contribution in [0.5, 0.6) is 23.0 Å². The van der Waals surface area contributed by atoms with E-state index in [0.717, 1.165) is 22.3 Å². The van der Waals surface area contributed by atoms with E-state index in [1.807, 2.05) is 25.1 Å². The summed E-state index contributed by atoms with van der Waals surface area (Å²) >= 11 is 0. The molecule has 0 N–H and O–H groups in total. The fourth-order valence-electron chi connectivity index (χ4n) is 3.99. The Morgan fingerprint density at radius 2 is 1.44 bits per heavy atom. The number of aromatic nitrogens is 1. The third-order valence-electron chi connectivity index (χ3n) is 5.58. The Hall–Kier alpha value is -3.78. The summed E-state index contributed by atoms with van der Waals surface area (Å²) in [6.07, 6.45) is 3.88. The highest BCUT2D eigenvalue weighted by atomic mass is 17.2. The Balaban J connectivity index is 2.13. The molecule has 3 aromatic rings. The van der Waals surface area contributed by atoms with Crippen molar-refractivity contribution in [2.24, 2.45) is 0 Å². The minimum atomic E-state index is -0.632. The highest BCUT2D eigenvalue weighted by Gasteiger charge is 2.27. The van der Waals surface area contributed by atoms with Gasteiger partial charge in [-0.15, -0.1) is 0 Å². The summed E-state index contributed by atoms with van der Waals surface area (Å²) in [4.78, 5) is 27.7. The van der Waals surface area contributed by atoms with Gasteiger partial charge in [0.1, 0.15) is 5.60 Å². The maximum atomic E-state index is 12.9. The summed E-state index contributed by atoms with van der Waals surface area (Å²) in [6, 6.07) is 9.09. The lowest BCUT2D eigenvalue weighted by atomic mass is 9.91. The van der Waals surface area contributed by atoms with Crippen molar-refractivity contribution in [2.45, 2.75) is 39.7 Å². The van der Waals surface area contributed by atoms with Gasteiger partial charge in [-0.1, -0.05) is 18.2 Å². The van der Waals surface area contributed by atoms with Gasteiger partial charge in [0.2, 0.25) is 11.5 Å². The van der Waals surface area contributed by atoms with Crippen LogP contribution in [0.15, 0.2) is 42.7 Å². The Morgan fingerprint density at radius 1 is 0.833 bits per heavy atom. The maximum Gasteiger partial charge on any atom is 0.373 e. The number of rotatable bonds is 9. The molecule has 1 aromatic heterocycles. The average molecular weight is 496 g/mol. The Bertz CT molecular complexity index is 1230. The normalized spacial score (nSPS) is 11.1. The summed E-state index contributed by atoms with van der Waals surface area (Å²) in [5.41, 5.74) is 3.82. The van der Waals surface area contributed by atoms with Crippen LogP contribution in [0.2, 0.25) is 0 Å². The molecule has 8 heteroatoms. The molecule has 2 aromatic carbocycles. The minimum absolute atomic E-state index is 0.378. The Morgan fingerprint density at radius 3 is 2.06 bits per heavy atom. The first-order valence-electron chi connectivity index (χ1n) is 11.4. The number of pyridine rings is 1. The van der Waals surface area contributed by atoms with Crippen molar-refractivity contribution in [3.63, 3.8) is 0 Å². The summed E-state index contributed by atoms with van der Waals surface area (Å²) < 4.78 is 22.6. The molecule has 0 aliphatic carbocycles. The fraction of sp³-hybridized carbons (Fsp3) is 0.357. The van der Waals surface area contributed by atoms with E-state index in [2.05, 4.69) is 4.98 Å². The second kappa shape index (κ2) is 11.3. The van der Waals surface area contributed by atoms with E-state index in [1.165, 1.54) is 0 Å². The predicted octanol–water partition coefficient (Wildman–Crippen LogP) is 5.57. The lowest BCUT2D eigenvalue weighted by Gasteiger charge is -2.22. The first-order chi connectivity index (χ1) is 17.2. The third-order valence-corrected chi connectivity index (χ3v) is 5.58. The second-order valence-corrected chi connectivity index (χ2v) is 9.06. The van der Waals surface area contributed by atoms with Crippen molar-refractivity contribution in [1.29, 1.82) is 0 Å². The van der Waals surface area contributed by atoms with Crippen LogP contribution in [0.25, 0.3) is 11.1 Å². The topological polar surface area (TPSA) is 85.3 Å². The van der Waals surface area contributed by atoms with E-state index in [4.69, 9.17) is 28.7 Å². The number of carbonyl (C=O) groups excluding carboxylic acids is 1. The number of ether oxygens (including phenoxy) is 4. The molecule has 0 amide bonds. The van der Waals surface area contributed by atoms with Crippen LogP contribution in [0.3, 0.4) is 0 Å². The van der Waals surface area contributed by atoms with Gasteiger partial charge in [0, 0.05) is 29.9 Å². The lowest BCUT2D eigenvalue weighted by molar-refractivity contribution is -0.301. The molecular weight excluding hydrogens is 462 g/mol. The smallest absolute Gasteiger partial charge is 0.373 e. The SMILES string of the molecule is COc1c(C)c(Cc2cnccc2-c2ccccc2C(=O)OOC(C)(C)C)c(OC)c(OC)c1OC. The second-order valence-electron chi connectivity index (χ2n) is 9.06. The minimum Gasteiger partial charge on any atom is -0.492 e. The average Bonchev–Trinajstić information content (AvgIpc) is 2.87. The van der Waals surface area contributed by atoms with Crippen LogP contribution in [-0.2, 0) is 16.2 Å². The molecule has 36 heavy (non-hydrogen) atoms.